The minimum absolute atomic E-state index is 0.0608. The summed E-state index contributed by atoms with van der Waals surface area (Å²) >= 11 is 11.8. The Bertz CT molecular complexity index is 1020. The van der Waals surface area contributed by atoms with Crippen molar-refractivity contribution in [1.82, 2.24) is 15.0 Å². The maximum absolute atomic E-state index is 12.9. The maximum Gasteiger partial charge on any atom is 0.278 e. The van der Waals surface area contributed by atoms with Crippen LogP contribution < -0.4 is 10.6 Å². The predicted molar refractivity (Wildman–Crippen MR) is 104 cm³/mol. The number of carbonyl (C=O) groups is 2. The van der Waals surface area contributed by atoms with Gasteiger partial charge in [0.15, 0.2) is 5.69 Å². The van der Waals surface area contributed by atoms with Crippen LogP contribution in [0.4, 0.5) is 15.8 Å². The van der Waals surface area contributed by atoms with Gasteiger partial charge < -0.3 is 10.6 Å². The van der Waals surface area contributed by atoms with Crippen molar-refractivity contribution in [3.05, 3.63) is 69.7 Å². The third-order valence-electron chi connectivity index (χ3n) is 3.74. The lowest BCUT2D eigenvalue weighted by molar-refractivity contribution is -0.117. The van der Waals surface area contributed by atoms with Crippen LogP contribution in [0.3, 0.4) is 0 Å². The first kappa shape index (κ1) is 19.8. The Balaban J connectivity index is 1.67. The van der Waals surface area contributed by atoms with Crippen LogP contribution in [0.2, 0.25) is 10.0 Å². The van der Waals surface area contributed by atoms with Crippen LogP contribution in [0, 0.1) is 12.7 Å². The van der Waals surface area contributed by atoms with Crippen molar-refractivity contribution < 1.29 is 14.0 Å². The van der Waals surface area contributed by atoms with Crippen molar-refractivity contribution in [2.45, 2.75) is 13.5 Å². The topological polar surface area (TPSA) is 88.9 Å². The summed E-state index contributed by atoms with van der Waals surface area (Å²) in [6, 6.07) is 9.98. The van der Waals surface area contributed by atoms with Gasteiger partial charge in [0.2, 0.25) is 5.91 Å². The quantitative estimate of drug-likeness (QED) is 0.652. The Hall–Kier alpha value is -2.97. The smallest absolute Gasteiger partial charge is 0.278 e. The van der Waals surface area contributed by atoms with Crippen LogP contribution in [0.1, 0.15) is 16.2 Å². The number of nitrogens with one attached hydrogen (secondary N) is 2. The predicted octanol–water partition coefficient (Wildman–Crippen LogP) is 3.92. The molecule has 3 rings (SSSR count). The van der Waals surface area contributed by atoms with Crippen LogP contribution in [0.15, 0.2) is 42.5 Å². The van der Waals surface area contributed by atoms with Gasteiger partial charge in [-0.15, -0.1) is 5.10 Å². The average molecular weight is 422 g/mol. The molecule has 7 nitrogen and oxygen atoms in total. The van der Waals surface area contributed by atoms with Crippen LogP contribution in [-0.4, -0.2) is 26.8 Å². The first-order chi connectivity index (χ1) is 13.3. The second-order valence-corrected chi connectivity index (χ2v) is 6.72. The molecule has 3 aromatic rings. The summed E-state index contributed by atoms with van der Waals surface area (Å²) < 4.78 is 14.2. The van der Waals surface area contributed by atoms with E-state index < -0.39 is 17.6 Å². The zero-order valence-corrected chi connectivity index (χ0v) is 16.1. The van der Waals surface area contributed by atoms with Crippen LogP contribution in [0.25, 0.3) is 0 Å². The molecular weight excluding hydrogens is 408 g/mol. The largest absolute Gasteiger partial charge is 0.324 e. The van der Waals surface area contributed by atoms with E-state index in [9.17, 15) is 14.0 Å². The summed E-state index contributed by atoms with van der Waals surface area (Å²) in [5.41, 5.74) is 1.32. The summed E-state index contributed by atoms with van der Waals surface area (Å²) in [6.45, 7) is 1.46. The van der Waals surface area contributed by atoms with Gasteiger partial charge in [-0.05, 0) is 49.4 Å². The fraction of sp³-hybridized carbons (Fsp3) is 0.111. The second-order valence-electron chi connectivity index (χ2n) is 5.85. The van der Waals surface area contributed by atoms with E-state index in [0.717, 1.165) is 0 Å². The molecule has 0 radical (unpaired) electrons. The fourth-order valence-corrected chi connectivity index (χ4v) is 2.93. The fourth-order valence-electron chi connectivity index (χ4n) is 2.41. The molecule has 0 unspecified atom stereocenters. The van der Waals surface area contributed by atoms with Crippen molar-refractivity contribution in [3.63, 3.8) is 0 Å². The Labute approximate surface area is 169 Å². The van der Waals surface area contributed by atoms with Crippen LogP contribution in [-0.2, 0) is 11.3 Å². The third kappa shape index (κ3) is 4.85. The minimum atomic E-state index is -0.513. The molecule has 28 heavy (non-hydrogen) atoms. The molecule has 10 heteroatoms. The molecule has 0 fully saturated rings. The van der Waals surface area contributed by atoms with Gasteiger partial charge in [0.1, 0.15) is 12.4 Å². The van der Waals surface area contributed by atoms with E-state index in [4.69, 9.17) is 23.2 Å². The number of amides is 2. The molecule has 0 aliphatic carbocycles. The van der Waals surface area contributed by atoms with Crippen molar-refractivity contribution >= 4 is 46.4 Å². The molecule has 0 bridgehead atoms. The Kier molecular flexibility index (Phi) is 5.91. The van der Waals surface area contributed by atoms with Crippen molar-refractivity contribution in [2.75, 3.05) is 10.6 Å². The molecule has 1 aromatic heterocycles. The van der Waals surface area contributed by atoms with Gasteiger partial charge in [-0.25, -0.2) is 9.07 Å². The lowest BCUT2D eigenvalue weighted by Crippen LogP contribution is -2.21. The molecule has 2 amide bonds. The summed E-state index contributed by atoms with van der Waals surface area (Å²) in [5.74, 6) is -1.31. The number of hydrogen-bond acceptors (Lipinski definition) is 4. The second kappa shape index (κ2) is 8.37. The molecule has 0 aliphatic heterocycles. The van der Waals surface area contributed by atoms with Gasteiger partial charge in [-0.2, -0.15) is 0 Å². The Morgan fingerprint density at radius 1 is 1.04 bits per heavy atom. The zero-order chi connectivity index (χ0) is 20.3. The zero-order valence-electron chi connectivity index (χ0n) is 14.5. The number of hydrogen-bond donors (Lipinski definition) is 2. The molecule has 0 atom stereocenters. The van der Waals surface area contributed by atoms with Gasteiger partial charge in [-0.1, -0.05) is 28.4 Å². The van der Waals surface area contributed by atoms with Gasteiger partial charge >= 0.3 is 0 Å². The van der Waals surface area contributed by atoms with Gasteiger partial charge in [-0.3, -0.25) is 9.59 Å². The minimum Gasteiger partial charge on any atom is -0.324 e. The van der Waals surface area contributed by atoms with Gasteiger partial charge in [0.05, 0.1) is 5.69 Å². The van der Waals surface area contributed by atoms with E-state index in [1.807, 2.05) is 0 Å². The summed E-state index contributed by atoms with van der Waals surface area (Å²) in [7, 11) is 0. The molecule has 0 saturated heterocycles. The molecule has 2 N–H and O–H groups in total. The monoisotopic (exact) mass is 421 g/mol. The maximum atomic E-state index is 12.9. The number of aromatic nitrogens is 3. The molecule has 0 aliphatic rings. The number of nitrogens with zero attached hydrogens (tertiary/aromatic N) is 3. The first-order valence-electron chi connectivity index (χ1n) is 8.05. The number of benzene rings is 2. The molecule has 0 saturated carbocycles. The highest BCUT2D eigenvalue weighted by molar-refractivity contribution is 6.35. The summed E-state index contributed by atoms with van der Waals surface area (Å²) in [5, 5.41) is 13.7. The van der Waals surface area contributed by atoms with Crippen LogP contribution in [0.5, 0.6) is 0 Å². The average Bonchev–Trinajstić information content (AvgIpc) is 2.96. The van der Waals surface area contributed by atoms with Crippen LogP contribution >= 0.6 is 23.2 Å². The Morgan fingerprint density at radius 3 is 2.32 bits per heavy atom. The highest BCUT2D eigenvalue weighted by Gasteiger charge is 2.18. The Morgan fingerprint density at radius 2 is 1.68 bits per heavy atom. The lowest BCUT2D eigenvalue weighted by atomic mass is 10.2. The van der Waals surface area contributed by atoms with Gasteiger partial charge in [0.25, 0.3) is 5.91 Å². The number of anilines is 2. The van der Waals surface area contributed by atoms with E-state index in [1.165, 1.54) is 28.9 Å². The normalized spacial score (nSPS) is 10.6. The van der Waals surface area contributed by atoms with Gasteiger partial charge in [0, 0.05) is 21.4 Å². The standard InChI is InChI=1S/C18H14Cl2FN5O2/c1-10-17(18(28)23-15-7-11(19)6-12(20)8-15)24-25-26(10)9-16(27)22-14-4-2-13(21)3-5-14/h2-8H,9H2,1H3,(H,22,27)(H,23,28). The lowest BCUT2D eigenvalue weighted by Gasteiger charge is -2.07. The summed E-state index contributed by atoms with van der Waals surface area (Å²) in [4.78, 5) is 24.6. The third-order valence-corrected chi connectivity index (χ3v) is 4.18. The van der Waals surface area contributed by atoms with Crippen molar-refractivity contribution in [2.24, 2.45) is 0 Å². The number of rotatable bonds is 5. The molecule has 2 aromatic carbocycles. The summed E-state index contributed by atoms with van der Waals surface area (Å²) in [6.07, 6.45) is 0. The molecule has 0 spiro atoms. The van der Waals surface area contributed by atoms with Crippen molar-refractivity contribution in [1.29, 1.82) is 0 Å². The highest BCUT2D eigenvalue weighted by Crippen LogP contribution is 2.23. The first-order valence-corrected chi connectivity index (χ1v) is 8.80. The van der Waals surface area contributed by atoms with E-state index in [1.54, 1.807) is 25.1 Å². The molecule has 1 heterocycles. The van der Waals surface area contributed by atoms with E-state index in [2.05, 4.69) is 20.9 Å². The highest BCUT2D eigenvalue weighted by atomic mass is 35.5. The number of carbonyl (C=O) groups excluding carboxylic acids is 2. The molecule has 144 valence electrons. The SMILES string of the molecule is Cc1c(C(=O)Nc2cc(Cl)cc(Cl)c2)nnn1CC(=O)Nc1ccc(F)cc1. The van der Waals surface area contributed by atoms with Crippen molar-refractivity contribution in [3.8, 4) is 0 Å². The van der Waals surface area contributed by atoms with E-state index in [-0.39, 0.29) is 12.2 Å². The van der Waals surface area contributed by atoms with E-state index in [0.29, 0.717) is 27.1 Å². The number of halogens is 3. The molecular formula is C18H14Cl2FN5O2. The van der Waals surface area contributed by atoms with E-state index >= 15 is 0 Å².